The summed E-state index contributed by atoms with van der Waals surface area (Å²) in [6.07, 6.45) is 5.15. The fourth-order valence-electron chi connectivity index (χ4n) is 8.74. The van der Waals surface area contributed by atoms with E-state index in [-0.39, 0.29) is 60.0 Å². The molecular weight excluding hydrogens is 564 g/mol. The Morgan fingerprint density at radius 1 is 1.05 bits per heavy atom. The molecule has 0 bridgehead atoms. The minimum absolute atomic E-state index is 0.0561. The number of rotatable bonds is 5. The van der Waals surface area contributed by atoms with E-state index in [9.17, 15) is 27.1 Å². The Morgan fingerprint density at radius 2 is 1.79 bits per heavy atom. The van der Waals surface area contributed by atoms with Crippen LogP contribution in [0.2, 0.25) is 0 Å². The van der Waals surface area contributed by atoms with E-state index in [1.807, 2.05) is 0 Å². The Hall–Kier alpha value is -2.60. The molecule has 6 rings (SSSR count). The number of aliphatic hydroxyl groups is 1. The van der Waals surface area contributed by atoms with Crippen molar-refractivity contribution in [1.29, 1.82) is 0 Å². The molecule has 2 aromatic carbocycles. The highest BCUT2D eigenvalue weighted by molar-refractivity contribution is 7.89. The molecule has 2 heterocycles. The molecule has 2 saturated heterocycles. The molecule has 0 radical (unpaired) electrons. The van der Waals surface area contributed by atoms with E-state index in [1.165, 1.54) is 46.8 Å². The van der Waals surface area contributed by atoms with E-state index >= 15 is 0 Å². The number of nitrogens with one attached hydrogen (secondary N) is 1. The summed E-state index contributed by atoms with van der Waals surface area (Å²) in [5.41, 5.74) is 0.136. The van der Waals surface area contributed by atoms with E-state index in [4.69, 9.17) is 4.74 Å². The van der Waals surface area contributed by atoms with Crippen LogP contribution in [0, 0.1) is 40.7 Å². The molecule has 4 fully saturated rings. The van der Waals surface area contributed by atoms with Gasteiger partial charge in [0, 0.05) is 32.4 Å². The lowest BCUT2D eigenvalue weighted by Gasteiger charge is -2.57. The van der Waals surface area contributed by atoms with Gasteiger partial charge in [0.25, 0.3) is 0 Å². The summed E-state index contributed by atoms with van der Waals surface area (Å²) in [7, 11) is -2.12. The fourth-order valence-corrected chi connectivity index (χ4v) is 10.2. The summed E-state index contributed by atoms with van der Waals surface area (Å²) in [5.74, 6) is 0.152. The van der Waals surface area contributed by atoms with Crippen molar-refractivity contribution < 1.29 is 31.8 Å². The molecule has 0 aromatic heterocycles. The standard InChI is InChI=1S/C31H39F2N3O5S/c1-41-24-9-10-26-20(15-24)16-27-28(18-37)36(30(38)34-23-7-5-21(32)6-8-23)19-31(29(26)27)11-13-35(14-12-31)42(39,40)25-4-2-3-22(33)17-25/h2-8,17,20,24,26-29,37H,9-16,18-19H2,1H3,(H,34,38)/t20?,24?,26?,27?,28-,29?/m0/s1. The third-order valence-corrected chi connectivity index (χ3v) is 12.5. The molecule has 6 atom stereocenters. The number of piperidine rings is 2. The van der Waals surface area contributed by atoms with Gasteiger partial charge in [-0.1, -0.05) is 6.07 Å². The number of hydrogen-bond acceptors (Lipinski definition) is 5. The number of carbonyl (C=O) groups is 1. The molecule has 2 saturated carbocycles. The number of sulfonamides is 1. The zero-order valence-corrected chi connectivity index (χ0v) is 24.6. The first-order chi connectivity index (χ1) is 20.1. The first-order valence-corrected chi connectivity index (χ1v) is 16.3. The van der Waals surface area contributed by atoms with Gasteiger partial charge in [0.05, 0.1) is 23.6 Å². The van der Waals surface area contributed by atoms with E-state index < -0.39 is 21.7 Å². The van der Waals surface area contributed by atoms with Crippen LogP contribution in [0.3, 0.4) is 0 Å². The minimum Gasteiger partial charge on any atom is -0.394 e. The lowest BCUT2D eigenvalue weighted by molar-refractivity contribution is -0.0828. The van der Waals surface area contributed by atoms with Crippen LogP contribution in [0.4, 0.5) is 19.3 Å². The number of likely N-dealkylation sites (tertiary alicyclic amines) is 1. The Kier molecular flexibility index (Phi) is 8.06. The van der Waals surface area contributed by atoms with Gasteiger partial charge < -0.3 is 20.1 Å². The summed E-state index contributed by atoms with van der Waals surface area (Å²) < 4.78 is 61.5. The Morgan fingerprint density at radius 3 is 2.45 bits per heavy atom. The van der Waals surface area contributed by atoms with Gasteiger partial charge in [-0.05, 0) is 110 Å². The number of carbonyl (C=O) groups excluding carboxylic acids is 1. The van der Waals surface area contributed by atoms with Crippen molar-refractivity contribution in [2.45, 2.75) is 55.6 Å². The average Bonchev–Trinajstić information content (AvgIpc) is 3.38. The summed E-state index contributed by atoms with van der Waals surface area (Å²) in [5, 5.41) is 13.6. The molecule has 2 N–H and O–H groups in total. The number of aliphatic hydroxyl groups excluding tert-OH is 1. The van der Waals surface area contributed by atoms with Crippen LogP contribution in [0.1, 0.15) is 38.5 Å². The van der Waals surface area contributed by atoms with Gasteiger partial charge in [0.1, 0.15) is 11.6 Å². The van der Waals surface area contributed by atoms with Crippen molar-refractivity contribution in [2.24, 2.45) is 29.1 Å². The topological polar surface area (TPSA) is 99.2 Å². The van der Waals surface area contributed by atoms with Gasteiger partial charge in [-0.2, -0.15) is 4.31 Å². The Balaban J connectivity index is 1.30. The number of urea groups is 1. The summed E-state index contributed by atoms with van der Waals surface area (Å²) in [6, 6.07) is 9.97. The molecule has 228 valence electrons. The largest absolute Gasteiger partial charge is 0.394 e. The van der Waals surface area contributed by atoms with Crippen molar-refractivity contribution in [1.82, 2.24) is 9.21 Å². The molecule has 2 aliphatic carbocycles. The highest BCUT2D eigenvalue weighted by Crippen LogP contribution is 2.62. The molecule has 2 aromatic rings. The number of hydrogen-bond donors (Lipinski definition) is 2. The maximum Gasteiger partial charge on any atom is 0.322 e. The van der Waals surface area contributed by atoms with E-state index in [0.717, 1.165) is 31.7 Å². The molecule has 2 aliphatic heterocycles. The van der Waals surface area contributed by atoms with E-state index in [2.05, 4.69) is 5.32 Å². The molecule has 42 heavy (non-hydrogen) atoms. The van der Waals surface area contributed by atoms with Crippen LogP contribution in [0.25, 0.3) is 0 Å². The highest BCUT2D eigenvalue weighted by Gasteiger charge is 2.61. The number of methoxy groups -OCH3 is 1. The first kappa shape index (κ1) is 29.5. The van der Waals surface area contributed by atoms with Crippen LogP contribution >= 0.6 is 0 Å². The quantitative estimate of drug-likeness (QED) is 0.516. The SMILES string of the molecule is COC1CCC2C(C1)CC1C2C2(CCN(S(=O)(=O)c3cccc(F)c3)CC2)CN(C(=O)Nc2ccc(F)cc2)[C@H]1CO. The van der Waals surface area contributed by atoms with Crippen LogP contribution in [0.15, 0.2) is 53.4 Å². The third kappa shape index (κ3) is 5.22. The molecule has 4 aliphatic rings. The first-order valence-electron chi connectivity index (χ1n) is 14.9. The number of benzene rings is 2. The Labute approximate surface area is 246 Å². The normalized spacial score (nSPS) is 31.0. The number of amides is 2. The van der Waals surface area contributed by atoms with E-state index in [0.29, 0.717) is 36.9 Å². The molecular formula is C31H39F2N3O5S. The second-order valence-electron chi connectivity index (χ2n) is 12.6. The monoisotopic (exact) mass is 603 g/mol. The fraction of sp³-hybridized carbons (Fsp3) is 0.581. The summed E-state index contributed by atoms with van der Waals surface area (Å²) >= 11 is 0. The van der Waals surface area contributed by atoms with Crippen molar-refractivity contribution in [2.75, 3.05) is 38.7 Å². The zero-order chi connectivity index (χ0) is 29.6. The van der Waals surface area contributed by atoms with Crippen molar-refractivity contribution in [3.05, 3.63) is 60.2 Å². The predicted molar refractivity (Wildman–Crippen MR) is 153 cm³/mol. The average molecular weight is 604 g/mol. The Bertz CT molecular complexity index is 1400. The lowest BCUT2D eigenvalue weighted by Crippen LogP contribution is -2.64. The number of halogens is 2. The van der Waals surface area contributed by atoms with Gasteiger partial charge in [-0.3, -0.25) is 0 Å². The smallest absolute Gasteiger partial charge is 0.322 e. The molecule has 11 heteroatoms. The second kappa shape index (κ2) is 11.5. The number of anilines is 1. The lowest BCUT2D eigenvalue weighted by atomic mass is 9.57. The maximum atomic E-state index is 13.9. The van der Waals surface area contributed by atoms with Crippen LogP contribution in [-0.4, -0.2) is 74.3 Å². The van der Waals surface area contributed by atoms with Gasteiger partial charge in [0.15, 0.2) is 0 Å². The van der Waals surface area contributed by atoms with Crippen LogP contribution in [-0.2, 0) is 14.8 Å². The van der Waals surface area contributed by atoms with Gasteiger partial charge in [0.2, 0.25) is 10.0 Å². The minimum atomic E-state index is -3.87. The zero-order valence-electron chi connectivity index (χ0n) is 23.8. The molecule has 2 amide bonds. The molecule has 5 unspecified atom stereocenters. The van der Waals surface area contributed by atoms with Crippen molar-refractivity contribution in [3.8, 4) is 0 Å². The van der Waals surface area contributed by atoms with Crippen molar-refractivity contribution >= 4 is 21.7 Å². The van der Waals surface area contributed by atoms with E-state index in [1.54, 1.807) is 12.0 Å². The second-order valence-corrected chi connectivity index (χ2v) is 14.5. The number of ether oxygens (including phenoxy) is 1. The van der Waals surface area contributed by atoms with Gasteiger partial charge >= 0.3 is 6.03 Å². The van der Waals surface area contributed by atoms with Gasteiger partial charge in [-0.25, -0.2) is 22.0 Å². The summed E-state index contributed by atoms with van der Waals surface area (Å²) in [6.45, 7) is 0.785. The maximum absolute atomic E-state index is 13.9. The molecule has 1 spiro atoms. The highest BCUT2D eigenvalue weighted by atomic mass is 32.2. The number of nitrogens with zero attached hydrogens (tertiary/aromatic N) is 2. The van der Waals surface area contributed by atoms with Crippen molar-refractivity contribution in [3.63, 3.8) is 0 Å². The van der Waals surface area contributed by atoms with Crippen LogP contribution in [0.5, 0.6) is 0 Å². The third-order valence-electron chi connectivity index (χ3n) is 10.6. The predicted octanol–water partition coefficient (Wildman–Crippen LogP) is 4.71. The number of fused-ring (bicyclic) bond motifs is 4. The van der Waals surface area contributed by atoms with Crippen LogP contribution < -0.4 is 5.32 Å². The molecule has 8 nitrogen and oxygen atoms in total. The summed E-state index contributed by atoms with van der Waals surface area (Å²) in [4.78, 5) is 15.4. The van der Waals surface area contributed by atoms with Gasteiger partial charge in [-0.15, -0.1) is 0 Å².